The second-order valence-corrected chi connectivity index (χ2v) is 5.74. The van der Waals surface area contributed by atoms with Crippen LogP contribution in [-0.4, -0.2) is 33.4 Å². The van der Waals surface area contributed by atoms with Crippen molar-refractivity contribution in [3.8, 4) is 5.75 Å². The number of carbonyl (C=O) groups is 2. The fourth-order valence-corrected chi connectivity index (χ4v) is 2.34. The molecule has 2 rings (SSSR count). The number of carboxylic acids is 1. The van der Waals surface area contributed by atoms with Gasteiger partial charge in [0.25, 0.3) is 5.91 Å². The van der Waals surface area contributed by atoms with Crippen LogP contribution in [0, 0.1) is 0 Å². The maximum absolute atomic E-state index is 11.9. The molecule has 0 aliphatic heterocycles. The molecule has 2 aromatic rings. The Hall–Kier alpha value is -2.25. The molecule has 9 heteroatoms. The molecule has 128 valence electrons. The van der Waals surface area contributed by atoms with E-state index in [1.165, 1.54) is 12.3 Å². The second kappa shape index (κ2) is 8.56. The van der Waals surface area contributed by atoms with Crippen molar-refractivity contribution >= 4 is 40.8 Å². The Labute approximate surface area is 148 Å². The molecule has 0 saturated carbocycles. The average molecular weight is 372 g/mol. The topological polar surface area (TPSA) is 93.5 Å². The fraction of sp³-hybridized carbons (Fsp3) is 0.267. The number of hydrogen-bond donors (Lipinski definition) is 2. The first kappa shape index (κ1) is 18.1. The number of carboxylic acid groups (broad SMARTS) is 1. The lowest BCUT2D eigenvalue weighted by atomic mass is 10.3. The third kappa shape index (κ3) is 5.75. The van der Waals surface area contributed by atoms with Gasteiger partial charge in [0.05, 0.1) is 16.9 Å². The van der Waals surface area contributed by atoms with Crippen molar-refractivity contribution in [2.45, 2.75) is 19.4 Å². The summed E-state index contributed by atoms with van der Waals surface area (Å²) in [6.07, 6.45) is 3.63. The van der Waals surface area contributed by atoms with E-state index in [4.69, 9.17) is 33.0 Å². The number of benzene rings is 1. The number of hydrogen-bond acceptors (Lipinski definition) is 4. The van der Waals surface area contributed by atoms with Gasteiger partial charge in [-0.1, -0.05) is 23.2 Å². The zero-order chi connectivity index (χ0) is 17.5. The van der Waals surface area contributed by atoms with E-state index in [2.05, 4.69) is 10.4 Å². The molecule has 0 spiro atoms. The van der Waals surface area contributed by atoms with Crippen molar-refractivity contribution in [2.24, 2.45) is 0 Å². The number of amides is 1. The van der Waals surface area contributed by atoms with Gasteiger partial charge in [0, 0.05) is 24.2 Å². The van der Waals surface area contributed by atoms with Crippen LogP contribution in [0.1, 0.15) is 12.8 Å². The lowest BCUT2D eigenvalue weighted by Crippen LogP contribution is -2.20. The number of aryl methyl sites for hydroxylation is 1. The first-order valence-electron chi connectivity index (χ1n) is 7.06. The summed E-state index contributed by atoms with van der Waals surface area (Å²) in [5.41, 5.74) is 0.501. The summed E-state index contributed by atoms with van der Waals surface area (Å²) in [5.74, 6) is -0.861. The maximum atomic E-state index is 11.9. The molecule has 24 heavy (non-hydrogen) atoms. The number of anilines is 1. The van der Waals surface area contributed by atoms with Gasteiger partial charge in [-0.2, -0.15) is 5.10 Å². The minimum Gasteiger partial charge on any atom is -0.482 e. The van der Waals surface area contributed by atoms with Gasteiger partial charge in [-0.25, -0.2) is 0 Å². The Morgan fingerprint density at radius 2 is 2.12 bits per heavy atom. The predicted octanol–water partition coefficient (Wildman–Crippen LogP) is 3.07. The summed E-state index contributed by atoms with van der Waals surface area (Å²) in [6, 6.07) is 4.72. The Balaban J connectivity index is 1.80. The summed E-state index contributed by atoms with van der Waals surface area (Å²) in [4.78, 5) is 22.3. The fourth-order valence-electron chi connectivity index (χ4n) is 1.88. The highest BCUT2D eigenvalue weighted by Gasteiger charge is 2.08. The summed E-state index contributed by atoms with van der Waals surface area (Å²) in [5, 5.41) is 16.1. The highest BCUT2D eigenvalue weighted by Crippen LogP contribution is 2.27. The third-order valence-corrected chi connectivity index (χ3v) is 3.48. The van der Waals surface area contributed by atoms with E-state index >= 15 is 0 Å². The largest absolute Gasteiger partial charge is 0.482 e. The highest BCUT2D eigenvalue weighted by atomic mass is 35.5. The first-order chi connectivity index (χ1) is 11.4. The van der Waals surface area contributed by atoms with Crippen LogP contribution < -0.4 is 10.1 Å². The van der Waals surface area contributed by atoms with Crippen LogP contribution >= 0.6 is 23.2 Å². The molecule has 0 saturated heterocycles. The van der Waals surface area contributed by atoms with E-state index in [0.29, 0.717) is 34.4 Å². The van der Waals surface area contributed by atoms with E-state index < -0.39 is 5.97 Å². The Bertz CT molecular complexity index is 733. The van der Waals surface area contributed by atoms with Crippen molar-refractivity contribution < 1.29 is 19.4 Å². The molecule has 2 N–H and O–H groups in total. The zero-order valence-electron chi connectivity index (χ0n) is 12.5. The predicted molar refractivity (Wildman–Crippen MR) is 89.7 cm³/mol. The first-order valence-corrected chi connectivity index (χ1v) is 7.81. The number of carbonyl (C=O) groups excluding carboxylic acids is 1. The number of ether oxygens (including phenoxy) is 1. The quantitative estimate of drug-likeness (QED) is 0.743. The number of nitrogens with one attached hydrogen (secondary N) is 1. The molecular formula is C15H15Cl2N3O4. The lowest BCUT2D eigenvalue weighted by molar-refractivity contribution is -0.137. The van der Waals surface area contributed by atoms with E-state index in [0.717, 1.165) is 0 Å². The van der Waals surface area contributed by atoms with E-state index in [-0.39, 0.29) is 18.9 Å². The van der Waals surface area contributed by atoms with Crippen LogP contribution in [-0.2, 0) is 16.1 Å². The van der Waals surface area contributed by atoms with Crippen molar-refractivity contribution in [1.82, 2.24) is 9.78 Å². The molecule has 1 heterocycles. The number of aromatic nitrogens is 2. The standard InChI is InChI=1S/C15H15Cl2N3O4/c16-10-3-4-13(12(17)6-10)24-9-14(21)19-11-7-18-20(8-11)5-1-2-15(22)23/h3-4,6-8H,1-2,5,9H2,(H,19,21)(H,22,23). The van der Waals surface area contributed by atoms with E-state index in [1.807, 2.05) is 0 Å². The number of halogens is 2. The van der Waals surface area contributed by atoms with Gasteiger partial charge in [0.2, 0.25) is 0 Å². The summed E-state index contributed by atoms with van der Waals surface area (Å²) >= 11 is 11.7. The molecule has 0 aliphatic carbocycles. The van der Waals surface area contributed by atoms with Gasteiger partial charge in [0.1, 0.15) is 5.75 Å². The van der Waals surface area contributed by atoms with Gasteiger partial charge < -0.3 is 15.2 Å². The van der Waals surface area contributed by atoms with Gasteiger partial charge in [0.15, 0.2) is 6.61 Å². The van der Waals surface area contributed by atoms with Gasteiger partial charge >= 0.3 is 5.97 Å². The van der Waals surface area contributed by atoms with Crippen LogP contribution in [0.5, 0.6) is 5.75 Å². The van der Waals surface area contributed by atoms with Crippen LogP contribution in [0.3, 0.4) is 0 Å². The monoisotopic (exact) mass is 371 g/mol. The summed E-state index contributed by atoms with van der Waals surface area (Å²) in [7, 11) is 0. The smallest absolute Gasteiger partial charge is 0.303 e. The van der Waals surface area contributed by atoms with Gasteiger partial charge in [-0.05, 0) is 24.6 Å². The molecule has 1 aromatic carbocycles. The SMILES string of the molecule is O=C(O)CCCn1cc(NC(=O)COc2ccc(Cl)cc2Cl)cn1. The molecule has 1 aromatic heterocycles. The number of rotatable bonds is 8. The Morgan fingerprint density at radius 1 is 1.33 bits per heavy atom. The van der Waals surface area contributed by atoms with Crippen molar-refractivity contribution in [2.75, 3.05) is 11.9 Å². The number of aliphatic carboxylic acids is 1. The van der Waals surface area contributed by atoms with Crippen molar-refractivity contribution in [3.63, 3.8) is 0 Å². The lowest BCUT2D eigenvalue weighted by Gasteiger charge is -2.08. The molecule has 0 fully saturated rings. The van der Waals surface area contributed by atoms with Gasteiger partial charge in [-0.15, -0.1) is 0 Å². The zero-order valence-corrected chi connectivity index (χ0v) is 14.0. The third-order valence-electron chi connectivity index (χ3n) is 2.95. The van der Waals surface area contributed by atoms with Crippen LogP contribution in [0.4, 0.5) is 5.69 Å². The Morgan fingerprint density at radius 3 is 2.83 bits per heavy atom. The molecule has 0 aliphatic rings. The average Bonchev–Trinajstić information content (AvgIpc) is 2.93. The molecule has 0 unspecified atom stereocenters. The van der Waals surface area contributed by atoms with E-state index in [1.54, 1.807) is 23.0 Å². The summed E-state index contributed by atoms with van der Waals surface area (Å²) < 4.78 is 6.89. The van der Waals surface area contributed by atoms with Crippen molar-refractivity contribution in [1.29, 1.82) is 0 Å². The normalized spacial score (nSPS) is 10.4. The number of nitrogens with zero attached hydrogens (tertiary/aromatic N) is 2. The molecule has 1 amide bonds. The molecule has 7 nitrogen and oxygen atoms in total. The molecule has 0 atom stereocenters. The van der Waals surface area contributed by atoms with Crippen LogP contribution in [0.15, 0.2) is 30.6 Å². The maximum Gasteiger partial charge on any atom is 0.303 e. The highest BCUT2D eigenvalue weighted by molar-refractivity contribution is 6.35. The molecular weight excluding hydrogens is 357 g/mol. The molecule has 0 bridgehead atoms. The van der Waals surface area contributed by atoms with E-state index in [9.17, 15) is 9.59 Å². The Kier molecular flexibility index (Phi) is 6.45. The van der Waals surface area contributed by atoms with Crippen molar-refractivity contribution in [3.05, 3.63) is 40.6 Å². The second-order valence-electron chi connectivity index (χ2n) is 4.90. The summed E-state index contributed by atoms with van der Waals surface area (Å²) in [6.45, 7) is 0.241. The van der Waals surface area contributed by atoms with Crippen LogP contribution in [0.2, 0.25) is 10.0 Å². The van der Waals surface area contributed by atoms with Gasteiger partial charge in [-0.3, -0.25) is 14.3 Å². The minimum absolute atomic E-state index is 0.0667. The molecule has 0 radical (unpaired) electrons. The van der Waals surface area contributed by atoms with Crippen LogP contribution in [0.25, 0.3) is 0 Å². The minimum atomic E-state index is -0.853.